The minimum Gasteiger partial charge on any atom is -0.370 e. The third-order valence-electron chi connectivity index (χ3n) is 3.93. The topological polar surface area (TPSA) is 63.3 Å². The molecule has 0 unspecified atom stereocenters. The number of anilines is 1. The molecule has 0 aliphatic carbocycles. The van der Waals surface area contributed by atoms with Gasteiger partial charge in [0.15, 0.2) is 5.96 Å². The third-order valence-corrected chi connectivity index (χ3v) is 3.93. The number of hydrogen-bond donors (Lipinski definition) is 2. The summed E-state index contributed by atoms with van der Waals surface area (Å²) in [6, 6.07) is 10.6. The molecule has 1 aromatic heterocycles. The maximum absolute atomic E-state index is 12.6. The van der Waals surface area contributed by atoms with Crippen LogP contribution in [0.25, 0.3) is 0 Å². The summed E-state index contributed by atoms with van der Waals surface area (Å²) in [5, 5.41) is 2.88. The number of guanidine groups is 1. The largest absolute Gasteiger partial charge is 0.416 e. The monoisotopic (exact) mass is 350 g/mol. The molecule has 25 heavy (non-hydrogen) atoms. The molecule has 0 spiro atoms. The number of halogens is 3. The van der Waals surface area contributed by atoms with Crippen LogP contribution in [-0.2, 0) is 11.6 Å². The first-order valence-corrected chi connectivity index (χ1v) is 7.84. The van der Waals surface area contributed by atoms with Gasteiger partial charge in [0.1, 0.15) is 5.82 Å². The van der Waals surface area contributed by atoms with Crippen molar-refractivity contribution in [1.29, 1.82) is 0 Å². The Morgan fingerprint density at radius 1 is 1.08 bits per heavy atom. The standard InChI is InChI=1S/C18H21F3N4/c1-17(2,13-6-8-14(9-7-13)18(19,20)21)10-12-24-16(22)25-15-5-3-4-11-23-15/h3-9,11H,10,12H2,1-2H3,(H3,22,23,24,25). The fourth-order valence-corrected chi connectivity index (χ4v) is 2.32. The Kier molecular flexibility index (Phi) is 5.66. The van der Waals surface area contributed by atoms with Gasteiger partial charge in [0, 0.05) is 12.7 Å². The lowest BCUT2D eigenvalue weighted by Gasteiger charge is -2.25. The first-order chi connectivity index (χ1) is 11.7. The molecule has 2 rings (SSSR count). The lowest BCUT2D eigenvalue weighted by Crippen LogP contribution is -2.25. The van der Waals surface area contributed by atoms with Crippen LogP contribution in [0.3, 0.4) is 0 Å². The maximum Gasteiger partial charge on any atom is 0.416 e. The highest BCUT2D eigenvalue weighted by Crippen LogP contribution is 2.32. The predicted octanol–water partition coefficient (Wildman–Crippen LogP) is 4.19. The third kappa shape index (κ3) is 5.48. The quantitative estimate of drug-likeness (QED) is 0.628. The molecule has 3 N–H and O–H groups in total. The number of nitrogens with zero attached hydrogens (tertiary/aromatic N) is 2. The molecular formula is C18H21F3N4. The number of aromatic nitrogens is 1. The Morgan fingerprint density at radius 2 is 1.72 bits per heavy atom. The van der Waals surface area contributed by atoms with Gasteiger partial charge in [-0.3, -0.25) is 4.99 Å². The van der Waals surface area contributed by atoms with Gasteiger partial charge in [-0.2, -0.15) is 13.2 Å². The molecule has 4 nitrogen and oxygen atoms in total. The van der Waals surface area contributed by atoms with Gasteiger partial charge in [0.2, 0.25) is 0 Å². The zero-order valence-electron chi connectivity index (χ0n) is 14.1. The van der Waals surface area contributed by atoms with E-state index < -0.39 is 11.7 Å². The normalized spacial score (nSPS) is 12.9. The SMILES string of the molecule is CC(C)(CCN=C(N)Nc1ccccn1)c1ccc(C(F)(F)F)cc1. The summed E-state index contributed by atoms with van der Waals surface area (Å²) in [6.07, 6.45) is -2.04. The van der Waals surface area contributed by atoms with E-state index in [1.165, 1.54) is 12.1 Å². The van der Waals surface area contributed by atoms with Crippen molar-refractivity contribution in [3.63, 3.8) is 0 Å². The molecule has 2 aromatic rings. The highest BCUT2D eigenvalue weighted by Gasteiger charge is 2.30. The second-order valence-electron chi connectivity index (χ2n) is 6.32. The highest BCUT2D eigenvalue weighted by molar-refractivity contribution is 5.91. The van der Waals surface area contributed by atoms with Crippen LogP contribution in [0.1, 0.15) is 31.4 Å². The average molecular weight is 350 g/mol. The Morgan fingerprint density at radius 3 is 2.28 bits per heavy atom. The van der Waals surface area contributed by atoms with Gasteiger partial charge in [0.25, 0.3) is 0 Å². The van der Waals surface area contributed by atoms with Crippen LogP contribution < -0.4 is 11.1 Å². The average Bonchev–Trinajstić information content (AvgIpc) is 2.55. The van der Waals surface area contributed by atoms with E-state index in [0.29, 0.717) is 18.8 Å². The molecule has 7 heteroatoms. The number of aliphatic imine (C=N–C) groups is 1. The number of nitrogens with two attached hydrogens (primary N) is 1. The Hall–Kier alpha value is -2.57. The van der Waals surface area contributed by atoms with Crippen molar-refractivity contribution in [3.05, 3.63) is 59.8 Å². The van der Waals surface area contributed by atoms with E-state index in [-0.39, 0.29) is 11.4 Å². The van der Waals surface area contributed by atoms with Crippen molar-refractivity contribution in [2.45, 2.75) is 31.9 Å². The minimum absolute atomic E-state index is 0.252. The van der Waals surface area contributed by atoms with Crippen molar-refractivity contribution in [2.24, 2.45) is 10.7 Å². The molecule has 0 atom stereocenters. The van der Waals surface area contributed by atoms with Crippen LogP contribution in [0.15, 0.2) is 53.7 Å². The fourth-order valence-electron chi connectivity index (χ4n) is 2.32. The molecular weight excluding hydrogens is 329 g/mol. The Bertz CT molecular complexity index is 707. The van der Waals surface area contributed by atoms with Crippen LogP contribution in [-0.4, -0.2) is 17.5 Å². The van der Waals surface area contributed by atoms with Crippen LogP contribution in [0.4, 0.5) is 19.0 Å². The lowest BCUT2D eigenvalue weighted by molar-refractivity contribution is -0.137. The van der Waals surface area contributed by atoms with Crippen molar-refractivity contribution < 1.29 is 13.2 Å². The number of benzene rings is 1. The Balaban J connectivity index is 1.95. The number of nitrogens with one attached hydrogen (secondary N) is 1. The fraction of sp³-hybridized carbons (Fsp3) is 0.333. The van der Waals surface area contributed by atoms with E-state index in [4.69, 9.17) is 5.73 Å². The van der Waals surface area contributed by atoms with Crippen LogP contribution in [0.2, 0.25) is 0 Å². The van der Waals surface area contributed by atoms with E-state index in [1.54, 1.807) is 18.3 Å². The summed E-state index contributed by atoms with van der Waals surface area (Å²) >= 11 is 0. The molecule has 0 bridgehead atoms. The molecule has 134 valence electrons. The lowest BCUT2D eigenvalue weighted by atomic mass is 9.81. The summed E-state index contributed by atoms with van der Waals surface area (Å²) in [7, 11) is 0. The van der Waals surface area contributed by atoms with E-state index in [9.17, 15) is 13.2 Å². The Labute approximate surface area is 145 Å². The summed E-state index contributed by atoms with van der Waals surface area (Å²) in [5.41, 5.74) is 5.68. The van der Waals surface area contributed by atoms with E-state index >= 15 is 0 Å². The number of hydrogen-bond acceptors (Lipinski definition) is 2. The van der Waals surface area contributed by atoms with Gasteiger partial charge in [-0.25, -0.2) is 4.98 Å². The second-order valence-corrected chi connectivity index (χ2v) is 6.32. The van der Waals surface area contributed by atoms with E-state index in [0.717, 1.165) is 17.7 Å². The van der Waals surface area contributed by atoms with E-state index in [1.807, 2.05) is 19.9 Å². The maximum atomic E-state index is 12.6. The summed E-state index contributed by atoms with van der Waals surface area (Å²) in [6.45, 7) is 4.38. The van der Waals surface area contributed by atoms with Crippen LogP contribution in [0, 0.1) is 0 Å². The van der Waals surface area contributed by atoms with Gasteiger partial charge in [-0.05, 0) is 41.7 Å². The molecule has 0 saturated carbocycles. The molecule has 0 aliphatic rings. The molecule has 0 amide bonds. The number of alkyl halides is 3. The van der Waals surface area contributed by atoms with Crippen molar-refractivity contribution in [1.82, 2.24) is 4.98 Å². The highest BCUT2D eigenvalue weighted by atomic mass is 19.4. The van der Waals surface area contributed by atoms with Gasteiger partial charge < -0.3 is 11.1 Å². The number of rotatable bonds is 5. The predicted molar refractivity (Wildman–Crippen MR) is 93.4 cm³/mol. The zero-order valence-corrected chi connectivity index (χ0v) is 14.1. The molecule has 0 fully saturated rings. The zero-order chi connectivity index (χ0) is 18.5. The van der Waals surface area contributed by atoms with Crippen LogP contribution in [0.5, 0.6) is 0 Å². The van der Waals surface area contributed by atoms with Crippen molar-refractivity contribution in [2.75, 3.05) is 11.9 Å². The molecule has 1 heterocycles. The first-order valence-electron chi connectivity index (χ1n) is 7.84. The summed E-state index contributed by atoms with van der Waals surface area (Å²) < 4.78 is 37.9. The van der Waals surface area contributed by atoms with Gasteiger partial charge in [-0.1, -0.05) is 32.0 Å². The van der Waals surface area contributed by atoms with Crippen molar-refractivity contribution in [3.8, 4) is 0 Å². The molecule has 0 aliphatic heterocycles. The van der Waals surface area contributed by atoms with Gasteiger partial charge in [-0.15, -0.1) is 0 Å². The van der Waals surface area contributed by atoms with E-state index in [2.05, 4.69) is 15.3 Å². The summed E-state index contributed by atoms with van der Waals surface area (Å²) in [5.74, 6) is 0.854. The molecule has 1 aromatic carbocycles. The van der Waals surface area contributed by atoms with Gasteiger partial charge >= 0.3 is 6.18 Å². The summed E-state index contributed by atoms with van der Waals surface area (Å²) in [4.78, 5) is 8.34. The first kappa shape index (κ1) is 18.8. The molecule has 0 saturated heterocycles. The smallest absolute Gasteiger partial charge is 0.370 e. The number of pyridine rings is 1. The minimum atomic E-state index is -4.32. The second kappa shape index (κ2) is 7.55. The van der Waals surface area contributed by atoms with Crippen molar-refractivity contribution >= 4 is 11.8 Å². The van der Waals surface area contributed by atoms with Crippen LogP contribution >= 0.6 is 0 Å². The van der Waals surface area contributed by atoms with Gasteiger partial charge in [0.05, 0.1) is 5.56 Å². The molecule has 0 radical (unpaired) electrons.